The number of amides is 1. The van der Waals surface area contributed by atoms with Crippen LogP contribution < -0.4 is 5.32 Å². The number of hydrogen-bond donors (Lipinski definition) is 1. The van der Waals surface area contributed by atoms with Gasteiger partial charge in [0.2, 0.25) is 5.91 Å². The molecular formula is C11H9N3OS2. The molecule has 0 atom stereocenters. The number of thioether (sulfide) groups is 1. The number of anilines is 1. The lowest BCUT2D eigenvalue weighted by Crippen LogP contribution is -2.09. The van der Waals surface area contributed by atoms with Crippen molar-refractivity contribution in [3.63, 3.8) is 0 Å². The molecule has 1 N–H and O–H groups in total. The van der Waals surface area contributed by atoms with E-state index in [4.69, 9.17) is 5.26 Å². The normalized spacial score (nSPS) is 10.1. The molecule has 0 saturated heterocycles. The summed E-state index contributed by atoms with van der Waals surface area (Å²) >= 11 is 3.19. The standard InChI is InChI=1S/C11H9N3OS2/c1-16-11-14-8-3-2-7(6-9(8)17-11)13-10(15)4-5-12/h2-3,6H,4H2,1H3,(H,13,15). The predicted molar refractivity (Wildman–Crippen MR) is 70.3 cm³/mol. The quantitative estimate of drug-likeness (QED) is 0.865. The van der Waals surface area contributed by atoms with Crippen molar-refractivity contribution in [2.45, 2.75) is 10.8 Å². The average Bonchev–Trinajstić information content (AvgIpc) is 2.71. The number of carbonyl (C=O) groups is 1. The molecule has 0 radical (unpaired) electrons. The van der Waals surface area contributed by atoms with Gasteiger partial charge in [0, 0.05) is 5.69 Å². The number of rotatable bonds is 3. The molecule has 1 heterocycles. The molecule has 0 saturated carbocycles. The van der Waals surface area contributed by atoms with Crippen LogP contribution in [0.5, 0.6) is 0 Å². The fourth-order valence-corrected chi connectivity index (χ4v) is 2.87. The molecule has 0 aliphatic carbocycles. The van der Waals surface area contributed by atoms with Gasteiger partial charge in [0.1, 0.15) is 6.42 Å². The molecule has 1 amide bonds. The number of nitrogens with one attached hydrogen (secondary N) is 1. The van der Waals surface area contributed by atoms with Crippen LogP contribution in [0.25, 0.3) is 10.2 Å². The first kappa shape index (κ1) is 11.9. The van der Waals surface area contributed by atoms with E-state index in [0.717, 1.165) is 14.6 Å². The minimum atomic E-state index is -0.290. The first-order valence-corrected chi connectivity index (χ1v) is 6.88. The monoisotopic (exact) mass is 263 g/mol. The summed E-state index contributed by atoms with van der Waals surface area (Å²) in [5.74, 6) is -0.290. The SMILES string of the molecule is CSc1nc2ccc(NC(=O)CC#N)cc2s1. The lowest BCUT2D eigenvalue weighted by Gasteiger charge is -2.01. The highest BCUT2D eigenvalue weighted by Crippen LogP contribution is 2.29. The second-order valence-electron chi connectivity index (χ2n) is 3.25. The summed E-state index contributed by atoms with van der Waals surface area (Å²) in [4.78, 5) is 15.7. The first-order chi connectivity index (χ1) is 8.22. The maximum absolute atomic E-state index is 11.3. The number of benzene rings is 1. The first-order valence-electron chi connectivity index (χ1n) is 4.84. The third-order valence-corrected chi connectivity index (χ3v) is 4.07. The maximum Gasteiger partial charge on any atom is 0.238 e. The minimum Gasteiger partial charge on any atom is -0.325 e. The Hall–Kier alpha value is -1.58. The highest BCUT2D eigenvalue weighted by atomic mass is 32.2. The Labute approximate surface area is 107 Å². The van der Waals surface area contributed by atoms with Crippen LogP contribution in [0, 0.1) is 11.3 Å². The van der Waals surface area contributed by atoms with Gasteiger partial charge in [-0.1, -0.05) is 11.8 Å². The lowest BCUT2D eigenvalue weighted by atomic mass is 10.3. The molecule has 6 heteroatoms. The predicted octanol–water partition coefficient (Wildman–Crippen LogP) is 2.87. The topological polar surface area (TPSA) is 65.8 Å². The minimum absolute atomic E-state index is 0.128. The molecule has 4 nitrogen and oxygen atoms in total. The van der Waals surface area contributed by atoms with Crippen molar-refractivity contribution >= 4 is 44.9 Å². The summed E-state index contributed by atoms with van der Waals surface area (Å²) in [6, 6.07) is 7.35. The summed E-state index contributed by atoms with van der Waals surface area (Å²) < 4.78 is 2.03. The van der Waals surface area contributed by atoms with E-state index in [-0.39, 0.29) is 12.3 Å². The Kier molecular flexibility index (Phi) is 3.61. The Bertz CT molecular complexity index is 600. The van der Waals surface area contributed by atoms with Crippen LogP contribution in [0.3, 0.4) is 0 Å². The van der Waals surface area contributed by atoms with Crippen LogP contribution in [0.2, 0.25) is 0 Å². The molecule has 1 aromatic heterocycles. The van der Waals surface area contributed by atoms with Crippen molar-refractivity contribution in [2.75, 3.05) is 11.6 Å². The zero-order valence-electron chi connectivity index (χ0n) is 9.06. The number of nitrogens with zero attached hydrogens (tertiary/aromatic N) is 2. The number of hydrogen-bond acceptors (Lipinski definition) is 5. The number of carbonyl (C=O) groups excluding carboxylic acids is 1. The van der Waals surface area contributed by atoms with Crippen molar-refractivity contribution in [3.8, 4) is 6.07 Å². The van der Waals surface area contributed by atoms with Crippen LogP contribution in [0.15, 0.2) is 22.5 Å². The van der Waals surface area contributed by atoms with Gasteiger partial charge in [-0.15, -0.1) is 11.3 Å². The van der Waals surface area contributed by atoms with Gasteiger partial charge >= 0.3 is 0 Å². The van der Waals surface area contributed by atoms with Crippen LogP contribution in [-0.4, -0.2) is 17.1 Å². The third-order valence-electron chi connectivity index (χ3n) is 2.07. The molecule has 17 heavy (non-hydrogen) atoms. The number of fused-ring (bicyclic) bond motifs is 1. The summed E-state index contributed by atoms with van der Waals surface area (Å²) in [6.07, 6.45) is 1.85. The van der Waals surface area contributed by atoms with Crippen LogP contribution in [-0.2, 0) is 4.79 Å². The maximum atomic E-state index is 11.3. The largest absolute Gasteiger partial charge is 0.325 e. The van der Waals surface area contributed by atoms with Crippen LogP contribution in [0.1, 0.15) is 6.42 Å². The van der Waals surface area contributed by atoms with Gasteiger partial charge in [-0.25, -0.2) is 4.98 Å². The number of aromatic nitrogens is 1. The van der Waals surface area contributed by atoms with Crippen molar-refractivity contribution in [3.05, 3.63) is 18.2 Å². The highest BCUT2D eigenvalue weighted by molar-refractivity contribution is 8.00. The van der Waals surface area contributed by atoms with E-state index in [0.29, 0.717) is 5.69 Å². The van der Waals surface area contributed by atoms with E-state index in [1.807, 2.05) is 24.5 Å². The molecular weight excluding hydrogens is 254 g/mol. The van der Waals surface area contributed by atoms with Gasteiger partial charge < -0.3 is 5.32 Å². The third kappa shape index (κ3) is 2.75. The molecule has 0 fully saturated rings. The van der Waals surface area contributed by atoms with Gasteiger partial charge in [0.15, 0.2) is 4.34 Å². The average molecular weight is 263 g/mol. The van der Waals surface area contributed by atoms with Crippen molar-refractivity contribution < 1.29 is 4.79 Å². The van der Waals surface area contributed by atoms with Gasteiger partial charge in [0.25, 0.3) is 0 Å². The van der Waals surface area contributed by atoms with Crippen molar-refractivity contribution in [2.24, 2.45) is 0 Å². The smallest absolute Gasteiger partial charge is 0.238 e. The molecule has 2 rings (SSSR count). The number of nitriles is 1. The summed E-state index contributed by atoms with van der Waals surface area (Å²) in [5.41, 5.74) is 1.63. The molecule has 86 valence electrons. The molecule has 1 aromatic carbocycles. The molecule has 0 unspecified atom stereocenters. The van der Waals surface area contributed by atoms with E-state index >= 15 is 0 Å². The second-order valence-corrected chi connectivity index (χ2v) is 5.33. The summed E-state index contributed by atoms with van der Waals surface area (Å²) in [7, 11) is 0. The van der Waals surface area contributed by atoms with E-state index < -0.39 is 0 Å². The van der Waals surface area contributed by atoms with E-state index in [1.54, 1.807) is 29.2 Å². The van der Waals surface area contributed by atoms with Gasteiger partial charge in [-0.05, 0) is 24.5 Å². The molecule has 0 bridgehead atoms. The van der Waals surface area contributed by atoms with E-state index in [9.17, 15) is 4.79 Å². The van der Waals surface area contributed by atoms with Gasteiger partial charge in [-0.3, -0.25) is 4.79 Å². The summed E-state index contributed by atoms with van der Waals surface area (Å²) in [5, 5.41) is 11.1. The van der Waals surface area contributed by atoms with E-state index in [2.05, 4.69) is 10.3 Å². The lowest BCUT2D eigenvalue weighted by molar-refractivity contribution is -0.115. The van der Waals surface area contributed by atoms with Crippen LogP contribution >= 0.6 is 23.1 Å². The molecule has 0 spiro atoms. The van der Waals surface area contributed by atoms with Gasteiger partial charge in [-0.2, -0.15) is 5.26 Å². The van der Waals surface area contributed by atoms with Crippen LogP contribution in [0.4, 0.5) is 5.69 Å². The molecule has 2 aromatic rings. The molecule has 0 aliphatic rings. The summed E-state index contributed by atoms with van der Waals surface area (Å²) in [6.45, 7) is 0. The van der Waals surface area contributed by atoms with Gasteiger partial charge in [0.05, 0.1) is 16.3 Å². The fourth-order valence-electron chi connectivity index (χ4n) is 1.35. The second kappa shape index (κ2) is 5.17. The Balaban J connectivity index is 2.25. The van der Waals surface area contributed by atoms with Crippen molar-refractivity contribution in [1.82, 2.24) is 4.98 Å². The fraction of sp³-hybridized carbons (Fsp3) is 0.182. The van der Waals surface area contributed by atoms with E-state index in [1.165, 1.54) is 0 Å². The molecule has 0 aliphatic heterocycles. The van der Waals surface area contributed by atoms with Crippen molar-refractivity contribution in [1.29, 1.82) is 5.26 Å². The Morgan fingerprint density at radius 2 is 2.47 bits per heavy atom. The number of thiazole rings is 1. The zero-order valence-corrected chi connectivity index (χ0v) is 10.7. The Morgan fingerprint density at radius 3 is 3.18 bits per heavy atom. The zero-order chi connectivity index (χ0) is 12.3. The Morgan fingerprint density at radius 1 is 1.65 bits per heavy atom. The highest BCUT2D eigenvalue weighted by Gasteiger charge is 2.05.